The standard InChI is InChI=1S/C16H25NO3.C15H24N2O3.C2HF3O/c1-5-7-13-8-9-17(15(18)11-13)14(10-12(3)4)16(19)20-6-2;1-4-20-15(19)13(9-11(2)3)17-8-6-12(5-7-16)10-14(17)18;3-2(4,5)1-6/h8-9,11-12,14H,5-7,10H2,1-4H3;6,8,10-11,13H,4-5,7,9,16H2,1-3H3;1H. The fraction of sp³-hybridized carbons (Fsp3) is 0.606. The van der Waals surface area contributed by atoms with E-state index in [1.54, 1.807) is 38.4 Å². The smallest absolute Gasteiger partial charge is 0.446 e. The summed E-state index contributed by atoms with van der Waals surface area (Å²) < 4.78 is 44.4. The summed E-state index contributed by atoms with van der Waals surface area (Å²) in [5.74, 6) is -0.0759. The summed E-state index contributed by atoms with van der Waals surface area (Å²) in [5.41, 5.74) is 7.07. The third-order valence-corrected chi connectivity index (χ3v) is 6.31. The fourth-order valence-corrected chi connectivity index (χ4v) is 4.36. The molecule has 0 aliphatic heterocycles. The second-order valence-corrected chi connectivity index (χ2v) is 11.3. The number of halogens is 3. The molecule has 0 fully saturated rings. The Morgan fingerprint density at radius 1 is 0.804 bits per heavy atom. The Kier molecular flexibility index (Phi) is 20.1. The van der Waals surface area contributed by atoms with Gasteiger partial charge in [0.1, 0.15) is 12.1 Å². The highest BCUT2D eigenvalue weighted by Crippen LogP contribution is 2.19. The van der Waals surface area contributed by atoms with Crippen LogP contribution in [0.1, 0.15) is 90.9 Å². The minimum Gasteiger partial charge on any atom is -0.464 e. The normalized spacial score (nSPS) is 12.3. The van der Waals surface area contributed by atoms with Crippen LogP contribution in [0.3, 0.4) is 0 Å². The maximum atomic E-state index is 12.2. The van der Waals surface area contributed by atoms with Crippen molar-refractivity contribution >= 4 is 18.2 Å². The van der Waals surface area contributed by atoms with E-state index in [4.69, 9.17) is 20.0 Å². The lowest BCUT2D eigenvalue weighted by atomic mass is 10.0. The summed E-state index contributed by atoms with van der Waals surface area (Å²) in [5, 5.41) is 0. The van der Waals surface area contributed by atoms with Crippen LogP contribution in [0.4, 0.5) is 13.2 Å². The first kappa shape index (κ1) is 42.3. The van der Waals surface area contributed by atoms with E-state index in [2.05, 4.69) is 6.92 Å². The number of carbonyl (C=O) groups is 3. The third kappa shape index (κ3) is 16.5. The summed E-state index contributed by atoms with van der Waals surface area (Å²) in [6.45, 7) is 14.8. The van der Waals surface area contributed by atoms with E-state index in [1.807, 2.05) is 39.8 Å². The second kappa shape index (κ2) is 21.9. The van der Waals surface area contributed by atoms with Gasteiger partial charge in [0, 0.05) is 24.5 Å². The van der Waals surface area contributed by atoms with Crippen LogP contribution in [-0.2, 0) is 36.7 Å². The molecule has 13 heteroatoms. The van der Waals surface area contributed by atoms with Crippen molar-refractivity contribution < 1.29 is 37.0 Å². The maximum Gasteiger partial charge on any atom is 0.446 e. The molecule has 2 N–H and O–H groups in total. The number of esters is 2. The van der Waals surface area contributed by atoms with Gasteiger partial charge in [-0.3, -0.25) is 14.4 Å². The lowest BCUT2D eigenvalue weighted by molar-refractivity contribution is -0.156. The van der Waals surface area contributed by atoms with Gasteiger partial charge in [-0.05, 0) is 81.2 Å². The summed E-state index contributed by atoms with van der Waals surface area (Å²) >= 11 is 0. The van der Waals surface area contributed by atoms with Crippen LogP contribution in [-0.4, -0.2) is 53.3 Å². The number of alkyl halides is 3. The predicted octanol–water partition coefficient (Wildman–Crippen LogP) is 5.20. The van der Waals surface area contributed by atoms with Crippen molar-refractivity contribution in [3.05, 3.63) is 68.5 Å². The summed E-state index contributed by atoms with van der Waals surface area (Å²) in [6.07, 6.45) is 1.40. The largest absolute Gasteiger partial charge is 0.464 e. The van der Waals surface area contributed by atoms with Gasteiger partial charge in [0.05, 0.1) is 13.2 Å². The summed E-state index contributed by atoms with van der Waals surface area (Å²) in [7, 11) is 0. The van der Waals surface area contributed by atoms with Gasteiger partial charge in [0.25, 0.3) is 11.1 Å². The lowest BCUT2D eigenvalue weighted by Crippen LogP contribution is -2.31. The molecule has 0 amide bonds. The fourth-order valence-electron chi connectivity index (χ4n) is 4.36. The monoisotopic (exact) mass is 657 g/mol. The van der Waals surface area contributed by atoms with Crippen molar-refractivity contribution in [3.63, 3.8) is 0 Å². The molecule has 0 saturated heterocycles. The molecule has 2 aromatic rings. The number of ether oxygens (including phenoxy) is 2. The molecule has 260 valence electrons. The summed E-state index contributed by atoms with van der Waals surface area (Å²) in [6, 6.07) is 5.82. The van der Waals surface area contributed by atoms with Crippen molar-refractivity contribution in [2.75, 3.05) is 19.8 Å². The molecule has 0 radical (unpaired) electrons. The van der Waals surface area contributed by atoms with Gasteiger partial charge in [0.2, 0.25) is 6.29 Å². The molecular weight excluding hydrogens is 607 g/mol. The van der Waals surface area contributed by atoms with Crippen molar-refractivity contribution in [3.8, 4) is 0 Å². The van der Waals surface area contributed by atoms with E-state index >= 15 is 0 Å². The first-order valence-electron chi connectivity index (χ1n) is 15.5. The average molecular weight is 658 g/mol. The molecule has 0 aliphatic carbocycles. The number of nitrogens with two attached hydrogens (primary N) is 1. The van der Waals surface area contributed by atoms with Crippen LogP contribution in [0.2, 0.25) is 0 Å². The average Bonchev–Trinajstić information content (AvgIpc) is 2.96. The van der Waals surface area contributed by atoms with Gasteiger partial charge in [-0.15, -0.1) is 0 Å². The molecular formula is C33H50F3N3O7. The number of carbonyl (C=O) groups excluding carboxylic acids is 3. The number of nitrogens with zero attached hydrogens (tertiary/aromatic N) is 2. The highest BCUT2D eigenvalue weighted by Gasteiger charge is 2.26. The van der Waals surface area contributed by atoms with E-state index < -0.39 is 24.5 Å². The Hall–Kier alpha value is -3.74. The van der Waals surface area contributed by atoms with Gasteiger partial charge in [-0.1, -0.05) is 41.0 Å². The van der Waals surface area contributed by atoms with Crippen molar-refractivity contribution in [1.29, 1.82) is 0 Å². The Labute approximate surface area is 269 Å². The van der Waals surface area contributed by atoms with Crippen LogP contribution in [0.5, 0.6) is 0 Å². The minimum absolute atomic E-state index is 0.130. The first-order chi connectivity index (χ1) is 21.5. The van der Waals surface area contributed by atoms with Gasteiger partial charge in [-0.2, -0.15) is 13.2 Å². The molecule has 2 heterocycles. The summed E-state index contributed by atoms with van der Waals surface area (Å²) in [4.78, 5) is 57.2. The number of aryl methyl sites for hydroxylation is 1. The molecule has 0 aliphatic rings. The Balaban J connectivity index is 0.000000749. The molecule has 0 bridgehead atoms. The number of hydrogen-bond acceptors (Lipinski definition) is 8. The highest BCUT2D eigenvalue weighted by molar-refractivity contribution is 5.74. The number of pyridine rings is 2. The topological polar surface area (TPSA) is 140 Å². The molecule has 0 spiro atoms. The SMILES string of the molecule is CCCc1ccn(C(CC(C)C)C(=O)OCC)c(=O)c1.CCOC(=O)C(CC(C)C)n1ccc(CCN)cc1=O.O=CC(F)(F)F. The maximum absolute atomic E-state index is 12.2. The van der Waals surface area contributed by atoms with Crippen LogP contribution in [0.25, 0.3) is 0 Å². The van der Waals surface area contributed by atoms with Crippen LogP contribution < -0.4 is 16.9 Å². The van der Waals surface area contributed by atoms with Crippen LogP contribution in [0.15, 0.2) is 46.2 Å². The highest BCUT2D eigenvalue weighted by atomic mass is 19.4. The quantitative estimate of drug-likeness (QED) is 0.216. The molecule has 2 aromatic heterocycles. The molecule has 0 saturated carbocycles. The number of rotatable bonds is 14. The Bertz CT molecular complexity index is 1230. The van der Waals surface area contributed by atoms with Gasteiger partial charge < -0.3 is 24.3 Å². The zero-order valence-corrected chi connectivity index (χ0v) is 28.0. The Morgan fingerprint density at radius 2 is 1.17 bits per heavy atom. The second-order valence-electron chi connectivity index (χ2n) is 11.3. The van der Waals surface area contributed by atoms with Crippen molar-refractivity contribution in [2.45, 2.75) is 98.8 Å². The molecule has 0 aromatic carbocycles. The predicted molar refractivity (Wildman–Crippen MR) is 171 cm³/mol. The number of hydrogen-bond donors (Lipinski definition) is 1. The number of aldehydes is 1. The zero-order chi connectivity index (χ0) is 35.4. The van der Waals surface area contributed by atoms with Crippen LogP contribution >= 0.6 is 0 Å². The van der Waals surface area contributed by atoms with Gasteiger partial charge in [0.15, 0.2) is 0 Å². The van der Waals surface area contributed by atoms with Gasteiger partial charge >= 0.3 is 18.1 Å². The van der Waals surface area contributed by atoms with E-state index in [-0.39, 0.29) is 23.1 Å². The molecule has 2 atom stereocenters. The third-order valence-electron chi connectivity index (χ3n) is 6.31. The number of aromatic nitrogens is 2. The molecule has 2 rings (SSSR count). The molecule has 10 nitrogen and oxygen atoms in total. The van der Waals surface area contributed by atoms with E-state index in [0.717, 1.165) is 24.0 Å². The van der Waals surface area contributed by atoms with Crippen molar-refractivity contribution in [2.24, 2.45) is 17.6 Å². The first-order valence-corrected chi connectivity index (χ1v) is 15.5. The van der Waals surface area contributed by atoms with E-state index in [9.17, 15) is 32.3 Å². The zero-order valence-electron chi connectivity index (χ0n) is 28.0. The van der Waals surface area contributed by atoms with Crippen molar-refractivity contribution in [1.82, 2.24) is 9.13 Å². The van der Waals surface area contributed by atoms with E-state index in [0.29, 0.717) is 50.9 Å². The lowest BCUT2D eigenvalue weighted by Gasteiger charge is -2.20. The van der Waals surface area contributed by atoms with Gasteiger partial charge in [-0.25, -0.2) is 9.59 Å². The van der Waals surface area contributed by atoms with Crippen LogP contribution in [0, 0.1) is 11.8 Å². The van der Waals surface area contributed by atoms with E-state index in [1.165, 1.54) is 9.13 Å². The molecule has 46 heavy (non-hydrogen) atoms. The minimum atomic E-state index is -4.64. The Morgan fingerprint density at radius 3 is 1.43 bits per heavy atom. The molecule has 2 unspecified atom stereocenters.